The number of hydrogen-bond donors (Lipinski definition) is 0. The Kier molecular flexibility index (Phi) is 6.03. The molecule has 244 valence electrons. The van der Waals surface area contributed by atoms with Gasteiger partial charge in [0.25, 0.3) is 0 Å². The van der Waals surface area contributed by atoms with E-state index in [0.29, 0.717) is 0 Å². The van der Waals surface area contributed by atoms with Crippen LogP contribution >= 0.6 is 0 Å². The van der Waals surface area contributed by atoms with E-state index < -0.39 is 0 Å². The van der Waals surface area contributed by atoms with Gasteiger partial charge < -0.3 is 0 Å². The van der Waals surface area contributed by atoms with E-state index >= 15 is 0 Å². The summed E-state index contributed by atoms with van der Waals surface area (Å²) >= 11 is 0. The summed E-state index contributed by atoms with van der Waals surface area (Å²) in [5.41, 5.74) is 12.9. The van der Waals surface area contributed by atoms with Crippen LogP contribution in [0.25, 0.3) is 109 Å². The highest BCUT2D eigenvalue weighted by atomic mass is 14.3. The maximum atomic E-state index is 2.54. The van der Waals surface area contributed by atoms with Gasteiger partial charge in [0.05, 0.1) is 0 Å². The van der Waals surface area contributed by atoms with E-state index in [1.165, 1.54) is 131 Å². The van der Waals surface area contributed by atoms with E-state index in [1.807, 2.05) is 0 Å². The van der Waals surface area contributed by atoms with Crippen molar-refractivity contribution in [2.24, 2.45) is 0 Å². The first-order valence-corrected chi connectivity index (χ1v) is 18.4. The summed E-state index contributed by atoms with van der Waals surface area (Å²) in [4.78, 5) is 0. The average molecular weight is 661 g/mol. The van der Waals surface area contributed by atoms with Gasteiger partial charge in [-0.15, -0.1) is 0 Å². The van der Waals surface area contributed by atoms with Crippen LogP contribution in [0, 0.1) is 27.7 Å². The van der Waals surface area contributed by atoms with Crippen molar-refractivity contribution in [3.63, 3.8) is 0 Å². The Bertz CT molecular complexity index is 3230. The van der Waals surface area contributed by atoms with Crippen molar-refractivity contribution in [2.75, 3.05) is 0 Å². The molecule has 0 aromatic heterocycles. The molecule has 0 radical (unpaired) electrons. The molecular formula is C52H36. The first-order chi connectivity index (χ1) is 25.4. The quantitative estimate of drug-likeness (QED) is 0.165. The summed E-state index contributed by atoms with van der Waals surface area (Å²) in [6, 6.07) is 55.4. The normalized spacial score (nSPS) is 12.2. The summed E-state index contributed by atoms with van der Waals surface area (Å²) in [6.45, 7) is 8.90. The Morgan fingerprint density at radius 2 is 0.942 bits per heavy atom. The van der Waals surface area contributed by atoms with E-state index in [4.69, 9.17) is 0 Å². The molecule has 0 amide bonds. The van der Waals surface area contributed by atoms with Crippen molar-refractivity contribution in [3.8, 4) is 33.4 Å². The zero-order valence-electron chi connectivity index (χ0n) is 29.9. The summed E-state index contributed by atoms with van der Waals surface area (Å²) in [7, 11) is 0. The molecule has 0 aliphatic rings. The van der Waals surface area contributed by atoms with Crippen LogP contribution in [0.2, 0.25) is 0 Å². The highest BCUT2D eigenvalue weighted by Gasteiger charge is 2.26. The fraction of sp³-hybridized carbons (Fsp3) is 0.0769. The minimum absolute atomic E-state index is 1.26. The Morgan fingerprint density at radius 3 is 1.65 bits per heavy atom. The van der Waals surface area contributed by atoms with Crippen LogP contribution in [-0.2, 0) is 0 Å². The van der Waals surface area contributed by atoms with E-state index in [0.717, 1.165) is 0 Å². The zero-order chi connectivity index (χ0) is 34.8. The highest BCUT2D eigenvalue weighted by molar-refractivity contribution is 6.45. The topological polar surface area (TPSA) is 0 Å². The monoisotopic (exact) mass is 660 g/mol. The Hall–Kier alpha value is -6.24. The van der Waals surface area contributed by atoms with Crippen molar-refractivity contribution >= 4 is 75.4 Å². The smallest absolute Gasteiger partial charge is 0.000709 e. The Balaban J connectivity index is 1.42. The molecule has 0 saturated carbocycles. The average Bonchev–Trinajstić information content (AvgIpc) is 3.65. The lowest BCUT2D eigenvalue weighted by Crippen LogP contribution is -1.91. The molecule has 0 saturated heterocycles. The van der Waals surface area contributed by atoms with Crippen LogP contribution in [0.4, 0.5) is 0 Å². The van der Waals surface area contributed by atoms with Gasteiger partial charge >= 0.3 is 0 Å². The van der Waals surface area contributed by atoms with Crippen molar-refractivity contribution in [1.82, 2.24) is 0 Å². The second-order valence-corrected chi connectivity index (χ2v) is 15.1. The third kappa shape index (κ3) is 3.98. The number of benzene rings is 9. The molecule has 0 heteroatoms. The van der Waals surface area contributed by atoms with Gasteiger partial charge in [0.2, 0.25) is 0 Å². The molecule has 11 aromatic rings. The largest absolute Gasteiger partial charge is 0.0622 e. The predicted molar refractivity (Wildman–Crippen MR) is 227 cm³/mol. The van der Waals surface area contributed by atoms with Gasteiger partial charge in [0.15, 0.2) is 0 Å². The summed E-state index contributed by atoms with van der Waals surface area (Å²) in [5.74, 6) is 0. The van der Waals surface area contributed by atoms with Gasteiger partial charge in [0, 0.05) is 0 Å². The molecule has 0 unspecified atom stereocenters. The molecular weight excluding hydrogens is 625 g/mol. The van der Waals surface area contributed by atoms with Crippen molar-refractivity contribution < 1.29 is 0 Å². The second-order valence-electron chi connectivity index (χ2n) is 15.1. The first kappa shape index (κ1) is 29.5. The van der Waals surface area contributed by atoms with E-state index in [-0.39, 0.29) is 0 Å². The van der Waals surface area contributed by atoms with Gasteiger partial charge in [-0.2, -0.15) is 0 Å². The van der Waals surface area contributed by atoms with E-state index in [9.17, 15) is 0 Å². The number of hydrogen-bond acceptors (Lipinski definition) is 0. The number of rotatable bonds is 3. The zero-order valence-corrected chi connectivity index (χ0v) is 29.9. The molecule has 0 bridgehead atoms. The number of aryl methyl sites for hydroxylation is 4. The molecule has 0 spiro atoms. The first-order valence-electron chi connectivity index (χ1n) is 18.4. The molecule has 0 N–H and O–H groups in total. The van der Waals surface area contributed by atoms with Gasteiger partial charge in [-0.3, -0.25) is 0 Å². The minimum Gasteiger partial charge on any atom is -0.0622 e. The molecule has 0 atom stereocenters. The van der Waals surface area contributed by atoms with Crippen LogP contribution in [0.5, 0.6) is 0 Å². The van der Waals surface area contributed by atoms with Crippen LogP contribution in [0.3, 0.4) is 0 Å². The van der Waals surface area contributed by atoms with Gasteiger partial charge in [-0.05, 0) is 165 Å². The van der Waals surface area contributed by atoms with E-state index in [2.05, 4.69) is 173 Å². The van der Waals surface area contributed by atoms with E-state index in [1.54, 1.807) is 0 Å². The standard InChI is InChI=1S/C52H36/c1-29-18-19-32(4)40(24-29)35-20-21-37-41(27-35)38-16-11-17-39-49(38)42(37)28-45-47(33-12-7-5-8-13-33)51-43-25-30(2)22-36-23-31(3)26-44(46(36)43)52(51)48(50(39)45)34-14-9-6-10-15-34/h5-28H,1-4H3. The Morgan fingerprint density at radius 1 is 0.288 bits per heavy atom. The van der Waals surface area contributed by atoms with Crippen LogP contribution < -0.4 is 0 Å². The molecule has 11 rings (SSSR count). The highest BCUT2D eigenvalue weighted by Crippen LogP contribution is 2.55. The SMILES string of the molecule is Cc1ccc(C)c(-c2ccc3c(c2)c2cccc4c5c(-c6ccccc6)c6c7cc(C)cc8cc(C)cc(c6c(-c6ccccc6)c5cc3c24)c87)c1. The minimum atomic E-state index is 1.26. The van der Waals surface area contributed by atoms with Crippen LogP contribution in [-0.4, -0.2) is 0 Å². The molecule has 0 fully saturated rings. The maximum Gasteiger partial charge on any atom is -0.000709 e. The molecule has 0 aliphatic heterocycles. The molecule has 0 aliphatic carbocycles. The fourth-order valence-electron chi connectivity index (χ4n) is 9.66. The van der Waals surface area contributed by atoms with Crippen LogP contribution in [0.15, 0.2) is 146 Å². The lowest BCUT2D eigenvalue weighted by atomic mass is 9.83. The summed E-state index contributed by atoms with van der Waals surface area (Å²) in [6.07, 6.45) is 0. The lowest BCUT2D eigenvalue weighted by molar-refractivity contribution is 1.39. The van der Waals surface area contributed by atoms with Crippen LogP contribution in [0.1, 0.15) is 22.3 Å². The molecule has 0 heterocycles. The third-order valence-corrected chi connectivity index (χ3v) is 11.7. The fourth-order valence-corrected chi connectivity index (χ4v) is 9.66. The lowest BCUT2D eigenvalue weighted by Gasteiger charge is -2.19. The van der Waals surface area contributed by atoms with Gasteiger partial charge in [-0.25, -0.2) is 0 Å². The van der Waals surface area contributed by atoms with Crippen molar-refractivity contribution in [2.45, 2.75) is 27.7 Å². The Labute approximate surface area is 303 Å². The third-order valence-electron chi connectivity index (χ3n) is 11.7. The maximum absolute atomic E-state index is 2.54. The second kappa shape index (κ2) is 10.6. The summed E-state index contributed by atoms with van der Waals surface area (Å²) < 4.78 is 0. The molecule has 52 heavy (non-hydrogen) atoms. The van der Waals surface area contributed by atoms with Crippen molar-refractivity contribution in [3.05, 3.63) is 168 Å². The summed E-state index contributed by atoms with van der Waals surface area (Å²) in [5, 5.41) is 18.8. The van der Waals surface area contributed by atoms with Crippen molar-refractivity contribution in [1.29, 1.82) is 0 Å². The molecule has 0 nitrogen and oxygen atoms in total. The van der Waals surface area contributed by atoms with Gasteiger partial charge in [0.1, 0.15) is 0 Å². The predicted octanol–water partition coefficient (Wildman–Crippen LogP) is 14.9. The molecule has 11 aromatic carbocycles. The number of fused-ring (bicyclic) bond motifs is 8. The van der Waals surface area contributed by atoms with Gasteiger partial charge in [-0.1, -0.05) is 139 Å².